The fourth-order valence-electron chi connectivity index (χ4n) is 2.15. The van der Waals surface area contributed by atoms with E-state index in [1.807, 2.05) is 12.1 Å². The van der Waals surface area contributed by atoms with Crippen molar-refractivity contribution in [1.29, 1.82) is 0 Å². The third kappa shape index (κ3) is 4.86. The fraction of sp³-hybridized carbons (Fsp3) is 0.600. The maximum absolute atomic E-state index is 13.8. The average molecular weight is 237 g/mol. The second-order valence-corrected chi connectivity index (χ2v) is 5.05. The summed E-state index contributed by atoms with van der Waals surface area (Å²) in [6, 6.07) is 7.15. The van der Waals surface area contributed by atoms with Crippen molar-refractivity contribution in [2.45, 2.75) is 39.5 Å². The van der Waals surface area contributed by atoms with E-state index in [9.17, 15) is 4.39 Å². The summed E-state index contributed by atoms with van der Waals surface area (Å²) in [7, 11) is 0. The molecule has 1 aromatic rings. The third-order valence-electron chi connectivity index (χ3n) is 2.92. The van der Waals surface area contributed by atoms with Gasteiger partial charge in [-0.05, 0) is 42.9 Å². The molecule has 96 valence electrons. The molecule has 0 saturated heterocycles. The maximum atomic E-state index is 13.8. The molecule has 0 aliphatic carbocycles. The number of hydrogen-bond donors (Lipinski definition) is 1. The summed E-state index contributed by atoms with van der Waals surface area (Å²) in [5.74, 6) is 0.794. The van der Waals surface area contributed by atoms with E-state index >= 15 is 0 Å². The van der Waals surface area contributed by atoms with Gasteiger partial charge >= 0.3 is 0 Å². The third-order valence-corrected chi connectivity index (χ3v) is 2.92. The van der Waals surface area contributed by atoms with E-state index in [4.69, 9.17) is 0 Å². The Balaban J connectivity index is 2.71. The van der Waals surface area contributed by atoms with Crippen LogP contribution in [0.25, 0.3) is 0 Å². The number of hydrogen-bond acceptors (Lipinski definition) is 1. The minimum absolute atomic E-state index is 0.0727. The fourth-order valence-corrected chi connectivity index (χ4v) is 2.15. The molecular weight excluding hydrogens is 213 g/mol. The quantitative estimate of drug-likeness (QED) is 0.708. The largest absolute Gasteiger partial charge is 0.316 e. The molecule has 2 heteroatoms. The summed E-state index contributed by atoms with van der Waals surface area (Å²) in [4.78, 5) is 0. The van der Waals surface area contributed by atoms with Gasteiger partial charge in [0.05, 0.1) is 0 Å². The van der Waals surface area contributed by atoms with Crippen molar-refractivity contribution in [3.8, 4) is 0 Å². The highest BCUT2D eigenvalue weighted by Gasteiger charge is 2.16. The van der Waals surface area contributed by atoms with Crippen LogP contribution in [-0.4, -0.2) is 13.1 Å². The molecule has 0 aliphatic heterocycles. The summed E-state index contributed by atoms with van der Waals surface area (Å²) in [6.07, 6.45) is 2.14. The number of benzene rings is 1. The molecule has 1 rings (SSSR count). The minimum Gasteiger partial charge on any atom is -0.316 e. The molecule has 0 radical (unpaired) electrons. The molecule has 0 saturated carbocycles. The minimum atomic E-state index is -0.0727. The molecule has 0 aliphatic rings. The van der Waals surface area contributed by atoms with Crippen LogP contribution in [0.4, 0.5) is 4.39 Å². The summed E-state index contributed by atoms with van der Waals surface area (Å²) in [5, 5.41) is 3.40. The van der Waals surface area contributed by atoms with Crippen molar-refractivity contribution in [2.75, 3.05) is 13.1 Å². The highest BCUT2D eigenvalue weighted by Crippen LogP contribution is 2.25. The van der Waals surface area contributed by atoms with Crippen LogP contribution in [-0.2, 0) is 0 Å². The van der Waals surface area contributed by atoms with Gasteiger partial charge in [0.25, 0.3) is 0 Å². The van der Waals surface area contributed by atoms with Crippen molar-refractivity contribution in [1.82, 2.24) is 5.32 Å². The predicted molar refractivity (Wildman–Crippen MR) is 71.8 cm³/mol. The Morgan fingerprint density at radius 2 is 1.94 bits per heavy atom. The zero-order valence-corrected chi connectivity index (χ0v) is 11.2. The Labute approximate surface area is 104 Å². The molecule has 1 unspecified atom stereocenters. The van der Waals surface area contributed by atoms with Crippen molar-refractivity contribution >= 4 is 0 Å². The van der Waals surface area contributed by atoms with E-state index in [1.165, 1.54) is 0 Å². The van der Waals surface area contributed by atoms with Gasteiger partial charge in [0.2, 0.25) is 0 Å². The van der Waals surface area contributed by atoms with Crippen molar-refractivity contribution in [2.24, 2.45) is 5.92 Å². The Morgan fingerprint density at radius 3 is 2.53 bits per heavy atom. The predicted octanol–water partition coefficient (Wildman–Crippen LogP) is 3.96. The highest BCUT2D eigenvalue weighted by molar-refractivity contribution is 5.22. The molecule has 0 bridgehead atoms. The Morgan fingerprint density at radius 1 is 1.24 bits per heavy atom. The van der Waals surface area contributed by atoms with Gasteiger partial charge < -0.3 is 5.32 Å². The molecule has 0 spiro atoms. The normalized spacial score (nSPS) is 13.0. The van der Waals surface area contributed by atoms with E-state index in [0.717, 1.165) is 31.5 Å². The van der Waals surface area contributed by atoms with Crippen LogP contribution < -0.4 is 5.32 Å². The Bertz CT molecular complexity index is 322. The second-order valence-electron chi connectivity index (χ2n) is 5.05. The standard InChI is InChI=1S/C15H24FN/c1-4-9-17-11-13(10-12(2)3)14-7-5-6-8-15(14)16/h5-8,12-13,17H,4,9-11H2,1-3H3. The van der Waals surface area contributed by atoms with E-state index in [-0.39, 0.29) is 11.7 Å². The summed E-state index contributed by atoms with van der Waals surface area (Å²) >= 11 is 0. The maximum Gasteiger partial charge on any atom is 0.126 e. The molecule has 0 aromatic heterocycles. The van der Waals surface area contributed by atoms with Crippen molar-refractivity contribution in [3.63, 3.8) is 0 Å². The van der Waals surface area contributed by atoms with Crippen LogP contribution in [0.1, 0.15) is 45.1 Å². The first-order valence-corrected chi connectivity index (χ1v) is 6.60. The summed E-state index contributed by atoms with van der Waals surface area (Å²) in [5.41, 5.74) is 0.852. The van der Waals surface area contributed by atoms with Crippen LogP contribution in [0.3, 0.4) is 0 Å². The molecule has 1 aromatic carbocycles. The van der Waals surface area contributed by atoms with Crippen LogP contribution in [0.5, 0.6) is 0 Å². The van der Waals surface area contributed by atoms with E-state index in [1.54, 1.807) is 12.1 Å². The van der Waals surface area contributed by atoms with Crippen LogP contribution in [0.15, 0.2) is 24.3 Å². The van der Waals surface area contributed by atoms with E-state index in [0.29, 0.717) is 5.92 Å². The monoisotopic (exact) mass is 237 g/mol. The molecule has 0 fully saturated rings. The summed E-state index contributed by atoms with van der Waals surface area (Å²) in [6.45, 7) is 8.39. The van der Waals surface area contributed by atoms with E-state index < -0.39 is 0 Å². The number of nitrogens with one attached hydrogen (secondary N) is 1. The zero-order valence-electron chi connectivity index (χ0n) is 11.2. The van der Waals surface area contributed by atoms with Crippen LogP contribution >= 0.6 is 0 Å². The van der Waals surface area contributed by atoms with Gasteiger partial charge in [-0.25, -0.2) is 4.39 Å². The Kier molecular flexibility index (Phi) is 6.20. The first kappa shape index (κ1) is 14.2. The average Bonchev–Trinajstić information content (AvgIpc) is 2.28. The molecule has 1 nitrogen and oxygen atoms in total. The molecule has 1 atom stereocenters. The lowest BCUT2D eigenvalue weighted by molar-refractivity contribution is 0.455. The first-order valence-electron chi connectivity index (χ1n) is 6.60. The Hall–Kier alpha value is -0.890. The lowest BCUT2D eigenvalue weighted by Crippen LogP contribution is -2.24. The molecule has 1 N–H and O–H groups in total. The number of halogens is 1. The van der Waals surface area contributed by atoms with Crippen molar-refractivity contribution in [3.05, 3.63) is 35.6 Å². The summed E-state index contributed by atoms with van der Waals surface area (Å²) < 4.78 is 13.8. The first-order chi connectivity index (χ1) is 8.15. The smallest absolute Gasteiger partial charge is 0.126 e. The van der Waals surface area contributed by atoms with Gasteiger partial charge in [-0.3, -0.25) is 0 Å². The van der Waals surface area contributed by atoms with Gasteiger partial charge in [0.15, 0.2) is 0 Å². The molecule has 17 heavy (non-hydrogen) atoms. The lowest BCUT2D eigenvalue weighted by atomic mass is 9.90. The molecule has 0 amide bonds. The van der Waals surface area contributed by atoms with Gasteiger partial charge in [0, 0.05) is 6.54 Å². The lowest BCUT2D eigenvalue weighted by Gasteiger charge is -2.20. The molecule has 0 heterocycles. The van der Waals surface area contributed by atoms with E-state index in [2.05, 4.69) is 26.1 Å². The second kappa shape index (κ2) is 7.44. The van der Waals surface area contributed by atoms with Gasteiger partial charge in [-0.1, -0.05) is 39.0 Å². The van der Waals surface area contributed by atoms with Gasteiger partial charge in [-0.15, -0.1) is 0 Å². The highest BCUT2D eigenvalue weighted by atomic mass is 19.1. The zero-order chi connectivity index (χ0) is 12.7. The van der Waals surface area contributed by atoms with Crippen molar-refractivity contribution < 1.29 is 4.39 Å². The topological polar surface area (TPSA) is 12.0 Å². The van der Waals surface area contributed by atoms with Gasteiger partial charge in [-0.2, -0.15) is 0 Å². The SMILES string of the molecule is CCCNCC(CC(C)C)c1ccccc1F. The van der Waals surface area contributed by atoms with Crippen LogP contribution in [0, 0.1) is 11.7 Å². The molecular formula is C15H24FN. The number of rotatable bonds is 7. The van der Waals surface area contributed by atoms with Crippen LogP contribution in [0.2, 0.25) is 0 Å². The van der Waals surface area contributed by atoms with Gasteiger partial charge in [0.1, 0.15) is 5.82 Å².